The van der Waals surface area contributed by atoms with E-state index in [1.165, 1.54) is 17.8 Å². The first-order chi connectivity index (χ1) is 15.5. The molecule has 0 aromatic carbocycles. The SMILES string of the molecule is [2H]C([2H])([2H])NC(=O)c1nnc(Nc2ccc(C(C)(C)N)cn2)cc1Nc1ncccc1SC. The number of hydrogen-bond acceptors (Lipinski definition) is 9. The molecule has 3 aromatic rings. The van der Waals surface area contributed by atoms with Crippen molar-refractivity contribution in [1.82, 2.24) is 25.5 Å². The van der Waals surface area contributed by atoms with Crippen LogP contribution in [-0.4, -0.2) is 39.3 Å². The summed E-state index contributed by atoms with van der Waals surface area (Å²) in [6, 6.07) is 8.77. The molecular formula is C20H24N8OS. The summed E-state index contributed by atoms with van der Waals surface area (Å²) in [7, 11) is 0. The standard InChI is InChI=1S/C20H24N8OS/c1-20(2,21)12-7-8-15(24-11-12)26-16-10-13(17(28-27-16)19(29)22-3)25-18-14(30-4)6-5-9-23-18/h5-11H,21H2,1-4H3,(H,22,29)(H2,23,24,25,26,27)/i3D3. The van der Waals surface area contributed by atoms with Crippen molar-refractivity contribution in [1.29, 1.82) is 0 Å². The minimum atomic E-state index is -2.68. The van der Waals surface area contributed by atoms with Crippen molar-refractivity contribution in [3.8, 4) is 0 Å². The van der Waals surface area contributed by atoms with E-state index < -0.39 is 18.4 Å². The Balaban J connectivity index is 1.94. The first kappa shape index (κ1) is 17.6. The van der Waals surface area contributed by atoms with Gasteiger partial charge in [0.1, 0.15) is 11.6 Å². The molecule has 0 unspecified atom stereocenters. The normalized spacial score (nSPS) is 13.0. The second kappa shape index (κ2) is 9.06. The lowest BCUT2D eigenvalue weighted by Gasteiger charge is -2.18. The lowest BCUT2D eigenvalue weighted by atomic mass is 9.98. The molecule has 0 spiro atoms. The van der Waals surface area contributed by atoms with Gasteiger partial charge in [-0.25, -0.2) is 9.97 Å². The van der Waals surface area contributed by atoms with Crippen LogP contribution in [0.1, 0.15) is 34.0 Å². The Kier molecular flexibility index (Phi) is 5.31. The first-order valence-electron chi connectivity index (χ1n) is 10.4. The zero-order valence-corrected chi connectivity index (χ0v) is 17.5. The zero-order valence-electron chi connectivity index (χ0n) is 19.7. The van der Waals surface area contributed by atoms with Gasteiger partial charge in [-0.2, -0.15) is 0 Å². The maximum absolute atomic E-state index is 12.5. The van der Waals surface area contributed by atoms with Crippen molar-refractivity contribution in [2.24, 2.45) is 5.73 Å². The van der Waals surface area contributed by atoms with Gasteiger partial charge in [0.05, 0.1) is 5.69 Å². The highest BCUT2D eigenvalue weighted by molar-refractivity contribution is 7.98. The first-order valence-corrected chi connectivity index (χ1v) is 10.2. The van der Waals surface area contributed by atoms with E-state index in [-0.39, 0.29) is 17.2 Å². The monoisotopic (exact) mass is 427 g/mol. The number of nitrogens with zero attached hydrogens (tertiary/aromatic N) is 4. The third-order valence-corrected chi connectivity index (χ3v) is 4.90. The quantitative estimate of drug-likeness (QED) is 0.420. The van der Waals surface area contributed by atoms with Crippen LogP contribution >= 0.6 is 11.8 Å². The van der Waals surface area contributed by atoms with E-state index in [4.69, 9.17) is 9.85 Å². The van der Waals surface area contributed by atoms with E-state index in [0.29, 0.717) is 11.6 Å². The molecule has 0 radical (unpaired) electrons. The average Bonchev–Trinajstić information content (AvgIpc) is 2.73. The summed E-state index contributed by atoms with van der Waals surface area (Å²) in [6.45, 7) is 1.08. The van der Waals surface area contributed by atoms with E-state index in [1.807, 2.05) is 37.6 Å². The van der Waals surface area contributed by atoms with E-state index in [0.717, 1.165) is 10.5 Å². The van der Waals surface area contributed by atoms with Crippen molar-refractivity contribution < 1.29 is 8.91 Å². The predicted molar refractivity (Wildman–Crippen MR) is 119 cm³/mol. The fourth-order valence-electron chi connectivity index (χ4n) is 2.53. The number of carbonyl (C=O) groups excluding carboxylic acids is 1. The molecule has 0 aliphatic rings. The summed E-state index contributed by atoms with van der Waals surface area (Å²) >= 11 is 1.46. The Bertz CT molecular complexity index is 1130. The van der Waals surface area contributed by atoms with Gasteiger partial charge in [-0.05, 0) is 43.9 Å². The summed E-state index contributed by atoms with van der Waals surface area (Å²) in [6.07, 6.45) is 5.15. The van der Waals surface area contributed by atoms with Crippen LogP contribution in [0.3, 0.4) is 0 Å². The molecule has 3 aromatic heterocycles. The highest BCUT2D eigenvalue weighted by atomic mass is 32.2. The van der Waals surface area contributed by atoms with Gasteiger partial charge in [-0.1, -0.05) is 6.07 Å². The molecule has 0 aliphatic heterocycles. The number of anilines is 4. The molecule has 0 bridgehead atoms. The van der Waals surface area contributed by atoms with Gasteiger partial charge in [0.15, 0.2) is 11.5 Å². The molecule has 9 nitrogen and oxygen atoms in total. The maximum atomic E-state index is 12.5. The van der Waals surface area contributed by atoms with Crippen LogP contribution in [0.2, 0.25) is 0 Å². The van der Waals surface area contributed by atoms with Crippen LogP contribution in [0.4, 0.5) is 23.1 Å². The lowest BCUT2D eigenvalue weighted by molar-refractivity contribution is 0.0958. The number of rotatable bonds is 7. The molecule has 0 saturated carbocycles. The van der Waals surface area contributed by atoms with Crippen molar-refractivity contribution in [2.45, 2.75) is 24.3 Å². The Labute approximate surface area is 183 Å². The maximum Gasteiger partial charge on any atom is 0.273 e. The minimum Gasteiger partial charge on any atom is -0.354 e. The Morgan fingerprint density at radius 3 is 2.67 bits per heavy atom. The van der Waals surface area contributed by atoms with Gasteiger partial charge >= 0.3 is 0 Å². The predicted octanol–water partition coefficient (Wildman–Crippen LogP) is 3.03. The molecule has 0 saturated heterocycles. The molecule has 3 rings (SSSR count). The molecule has 156 valence electrons. The number of nitrogens with one attached hydrogen (secondary N) is 3. The summed E-state index contributed by atoms with van der Waals surface area (Å²) in [4.78, 5) is 22.0. The van der Waals surface area contributed by atoms with Gasteiger partial charge < -0.3 is 21.7 Å². The molecular weight excluding hydrogens is 400 g/mol. The number of pyridine rings is 2. The van der Waals surface area contributed by atoms with Gasteiger partial charge in [0, 0.05) is 40.0 Å². The summed E-state index contributed by atoms with van der Waals surface area (Å²) in [5, 5.41) is 16.0. The van der Waals surface area contributed by atoms with Crippen LogP contribution in [0.15, 0.2) is 47.6 Å². The fraction of sp³-hybridized carbons (Fsp3) is 0.250. The van der Waals surface area contributed by atoms with Crippen LogP contribution < -0.4 is 21.7 Å². The van der Waals surface area contributed by atoms with E-state index >= 15 is 0 Å². The van der Waals surface area contributed by atoms with E-state index in [2.05, 4.69) is 30.8 Å². The summed E-state index contributed by atoms with van der Waals surface area (Å²) < 4.78 is 21.9. The second-order valence-electron chi connectivity index (χ2n) is 6.90. The molecule has 3 heterocycles. The van der Waals surface area contributed by atoms with E-state index in [1.54, 1.807) is 24.5 Å². The molecule has 5 N–H and O–H groups in total. The highest BCUT2D eigenvalue weighted by Crippen LogP contribution is 2.28. The van der Waals surface area contributed by atoms with E-state index in [9.17, 15) is 4.79 Å². The number of thioether (sulfide) groups is 1. The molecule has 0 atom stereocenters. The number of hydrogen-bond donors (Lipinski definition) is 4. The number of carbonyl (C=O) groups is 1. The largest absolute Gasteiger partial charge is 0.354 e. The highest BCUT2D eigenvalue weighted by Gasteiger charge is 2.17. The Morgan fingerprint density at radius 2 is 2.00 bits per heavy atom. The smallest absolute Gasteiger partial charge is 0.273 e. The zero-order chi connectivity index (χ0) is 24.2. The van der Waals surface area contributed by atoms with Crippen LogP contribution in [0.25, 0.3) is 0 Å². The third-order valence-electron chi connectivity index (χ3n) is 4.13. The summed E-state index contributed by atoms with van der Waals surface area (Å²) in [5.74, 6) is 0.368. The number of amides is 1. The van der Waals surface area contributed by atoms with Crippen molar-refractivity contribution in [3.63, 3.8) is 0 Å². The number of nitrogens with two attached hydrogens (primary N) is 1. The van der Waals surface area contributed by atoms with Crippen LogP contribution in [0.5, 0.6) is 0 Å². The Hall–Kier alpha value is -3.24. The van der Waals surface area contributed by atoms with Gasteiger partial charge in [-0.15, -0.1) is 22.0 Å². The van der Waals surface area contributed by atoms with Gasteiger partial charge in [-0.3, -0.25) is 4.79 Å². The molecule has 0 fully saturated rings. The lowest BCUT2D eigenvalue weighted by Crippen LogP contribution is -2.28. The van der Waals surface area contributed by atoms with Crippen molar-refractivity contribution >= 4 is 40.8 Å². The molecule has 30 heavy (non-hydrogen) atoms. The minimum absolute atomic E-state index is 0.192. The van der Waals surface area contributed by atoms with Gasteiger partial charge in [0.2, 0.25) is 0 Å². The number of aromatic nitrogens is 4. The molecule has 0 aliphatic carbocycles. The third kappa shape index (κ3) is 5.02. The Morgan fingerprint density at radius 1 is 1.17 bits per heavy atom. The topological polar surface area (TPSA) is 131 Å². The van der Waals surface area contributed by atoms with Crippen molar-refractivity contribution in [3.05, 3.63) is 54.0 Å². The summed E-state index contributed by atoms with van der Waals surface area (Å²) in [5.41, 5.74) is 6.45. The van der Waals surface area contributed by atoms with Crippen LogP contribution in [0, 0.1) is 0 Å². The van der Waals surface area contributed by atoms with Crippen LogP contribution in [-0.2, 0) is 5.54 Å². The van der Waals surface area contributed by atoms with Gasteiger partial charge in [0.25, 0.3) is 5.91 Å². The molecule has 1 amide bonds. The fourth-order valence-corrected chi connectivity index (χ4v) is 3.04. The average molecular weight is 428 g/mol. The second-order valence-corrected chi connectivity index (χ2v) is 7.75. The molecule has 10 heteroatoms. The van der Waals surface area contributed by atoms with Crippen molar-refractivity contribution in [2.75, 3.05) is 23.9 Å².